The van der Waals surface area contributed by atoms with Crippen LogP contribution in [0.5, 0.6) is 0 Å². The minimum Gasteiger partial charge on any atom is -0.357 e. The topological polar surface area (TPSA) is 53.3 Å². The molecule has 1 heterocycles. The zero-order valence-corrected chi connectivity index (χ0v) is 16.7. The molecule has 0 saturated carbocycles. The molecule has 1 aliphatic rings. The van der Waals surface area contributed by atoms with Crippen molar-refractivity contribution < 1.29 is 26.5 Å². The maximum absolute atomic E-state index is 13.9. The van der Waals surface area contributed by atoms with Gasteiger partial charge in [0.2, 0.25) is 11.0 Å². The molecule has 1 aliphatic heterocycles. The normalized spacial score (nSPS) is 22.0. The van der Waals surface area contributed by atoms with Crippen LogP contribution in [0.2, 0.25) is 0 Å². The Kier molecular flexibility index (Phi) is 7.12. The van der Waals surface area contributed by atoms with Gasteiger partial charge in [0.1, 0.15) is 6.23 Å². The molecule has 2 rings (SSSR count). The Labute approximate surface area is 168 Å². The summed E-state index contributed by atoms with van der Waals surface area (Å²) in [6.07, 6.45) is -0.305. The molecule has 0 N–H and O–H groups in total. The number of rotatable bonds is 7. The van der Waals surface area contributed by atoms with E-state index in [1.165, 1.54) is 0 Å². The molecule has 0 saturated heterocycles. The van der Waals surface area contributed by atoms with Gasteiger partial charge in [-0.05, 0) is 23.1 Å². The van der Waals surface area contributed by atoms with Gasteiger partial charge in [0.15, 0.2) is 0 Å². The molecule has 28 heavy (non-hydrogen) atoms. The van der Waals surface area contributed by atoms with Crippen LogP contribution in [0.3, 0.4) is 0 Å². The van der Waals surface area contributed by atoms with Crippen LogP contribution < -0.4 is 0 Å². The van der Waals surface area contributed by atoms with E-state index in [1.54, 1.807) is 30.3 Å². The number of alkyl halides is 5. The smallest absolute Gasteiger partial charge is 0.357 e. The Morgan fingerprint density at radius 1 is 1.32 bits per heavy atom. The van der Waals surface area contributed by atoms with E-state index in [0.717, 1.165) is 11.8 Å². The zero-order chi connectivity index (χ0) is 21.1. The number of nitriles is 1. The Hall–Kier alpha value is -1.63. The molecule has 0 aromatic heterocycles. The van der Waals surface area contributed by atoms with E-state index in [2.05, 4.69) is 11.6 Å². The van der Waals surface area contributed by atoms with Crippen LogP contribution in [0.25, 0.3) is 0 Å². The van der Waals surface area contributed by atoms with Gasteiger partial charge in [0.25, 0.3) is 0 Å². The fraction of sp³-hybridized carbons (Fsp3) is 0.500. The zero-order valence-electron chi connectivity index (χ0n) is 15.1. The summed E-state index contributed by atoms with van der Waals surface area (Å²) < 4.78 is 72.5. The Morgan fingerprint density at radius 2 is 1.93 bits per heavy atom. The fourth-order valence-corrected chi connectivity index (χ4v) is 3.91. The average Bonchev–Trinajstić information content (AvgIpc) is 2.64. The van der Waals surface area contributed by atoms with E-state index in [1.807, 2.05) is 19.9 Å². The van der Waals surface area contributed by atoms with Crippen molar-refractivity contribution in [2.24, 2.45) is 5.92 Å². The summed E-state index contributed by atoms with van der Waals surface area (Å²) in [6.45, 7) is 3.76. The highest BCUT2D eigenvalue weighted by Crippen LogP contribution is 2.44. The van der Waals surface area contributed by atoms with Crippen molar-refractivity contribution in [3.8, 4) is 6.07 Å². The summed E-state index contributed by atoms with van der Waals surface area (Å²) in [5.74, 6) is -0.497. The predicted octanol–water partition coefficient (Wildman–Crippen LogP) is 4.97. The van der Waals surface area contributed by atoms with Crippen LogP contribution in [-0.4, -0.2) is 32.0 Å². The molecule has 0 aliphatic carbocycles. The molecule has 154 valence electrons. The molecule has 4 nitrogen and oxygen atoms in total. The molecular formula is C18H19ClF4N2O2S. The first-order valence-corrected chi connectivity index (χ1v) is 9.90. The van der Waals surface area contributed by atoms with Crippen LogP contribution in [0.1, 0.15) is 31.7 Å². The van der Waals surface area contributed by atoms with Crippen LogP contribution in [0, 0.1) is 17.2 Å². The van der Waals surface area contributed by atoms with Gasteiger partial charge >= 0.3 is 10.6 Å². The number of nitrogens with zero attached hydrogens (tertiary/aromatic N) is 2. The summed E-state index contributed by atoms with van der Waals surface area (Å²) in [4.78, 5) is 0. The van der Waals surface area contributed by atoms with Crippen molar-refractivity contribution in [1.29, 1.82) is 5.26 Å². The van der Waals surface area contributed by atoms with Crippen molar-refractivity contribution in [3.05, 3.63) is 47.7 Å². The van der Waals surface area contributed by atoms with Crippen LogP contribution in [0.4, 0.5) is 17.6 Å². The first-order valence-electron chi connectivity index (χ1n) is 8.42. The average molecular weight is 439 g/mol. The SMILES string of the molecule is CC(C)CO[C@H]1C[C@@H](c2ccccc2)C(C#N)=CN1[S@@](=O)C(F)(F)C(F)(F)Cl. The maximum atomic E-state index is 13.9. The Morgan fingerprint density at radius 3 is 2.43 bits per heavy atom. The highest BCUT2D eigenvalue weighted by molar-refractivity contribution is 7.84. The third-order valence-corrected chi connectivity index (χ3v) is 5.82. The molecule has 1 aromatic carbocycles. The maximum Gasteiger partial charge on any atom is 0.415 e. The lowest BCUT2D eigenvalue weighted by Crippen LogP contribution is -2.50. The monoisotopic (exact) mass is 438 g/mol. The first-order chi connectivity index (χ1) is 13.0. The van der Waals surface area contributed by atoms with E-state index in [4.69, 9.17) is 4.74 Å². The standard InChI is InChI=1S/C18H19ClF4N2O2S/c1-12(2)11-27-16-8-15(13-6-4-3-5-7-13)14(9-24)10-25(16)28(26)18(22,23)17(19,20)21/h3-7,10,12,15-16H,8,11H2,1-2H3/t15-,16-,28-/m0/s1. The highest BCUT2D eigenvalue weighted by Gasteiger charge is 2.62. The second-order valence-electron chi connectivity index (χ2n) is 6.70. The molecule has 0 fully saturated rings. The lowest BCUT2D eigenvalue weighted by atomic mass is 9.87. The van der Waals surface area contributed by atoms with Gasteiger partial charge in [-0.1, -0.05) is 44.2 Å². The van der Waals surface area contributed by atoms with Gasteiger partial charge in [-0.25, -0.2) is 4.21 Å². The van der Waals surface area contributed by atoms with Gasteiger partial charge < -0.3 is 4.74 Å². The van der Waals surface area contributed by atoms with E-state index in [0.29, 0.717) is 4.31 Å². The molecule has 0 amide bonds. The largest absolute Gasteiger partial charge is 0.415 e. The van der Waals surface area contributed by atoms with E-state index < -0.39 is 33.8 Å². The van der Waals surface area contributed by atoms with Crippen LogP contribution >= 0.6 is 11.6 Å². The van der Waals surface area contributed by atoms with Crippen LogP contribution in [-0.2, 0) is 15.7 Å². The number of benzene rings is 1. The molecular weight excluding hydrogens is 420 g/mol. The molecule has 10 heteroatoms. The van der Waals surface area contributed by atoms with Crippen molar-refractivity contribution in [2.45, 2.75) is 43.1 Å². The first kappa shape index (κ1) is 22.7. The Balaban J connectivity index is 2.46. The molecule has 0 bridgehead atoms. The van der Waals surface area contributed by atoms with E-state index >= 15 is 0 Å². The minimum absolute atomic E-state index is 0.00813. The number of ether oxygens (including phenoxy) is 1. The Bertz CT molecular complexity index is 778. The molecule has 0 unspecified atom stereocenters. The minimum atomic E-state index is -5.05. The third kappa shape index (κ3) is 4.85. The van der Waals surface area contributed by atoms with E-state index in [9.17, 15) is 27.0 Å². The third-order valence-electron chi connectivity index (χ3n) is 4.06. The predicted molar refractivity (Wildman–Crippen MR) is 97.8 cm³/mol. The van der Waals surface area contributed by atoms with E-state index in [-0.39, 0.29) is 24.5 Å². The lowest BCUT2D eigenvalue weighted by Gasteiger charge is -2.38. The number of allylic oxidation sites excluding steroid dienone is 1. The van der Waals surface area contributed by atoms with Crippen molar-refractivity contribution in [1.82, 2.24) is 4.31 Å². The lowest BCUT2D eigenvalue weighted by molar-refractivity contribution is -0.0999. The quantitative estimate of drug-likeness (QED) is 0.446. The molecule has 3 atom stereocenters. The molecule has 0 radical (unpaired) electrons. The van der Waals surface area contributed by atoms with Crippen molar-refractivity contribution >= 4 is 22.6 Å². The summed E-state index contributed by atoms with van der Waals surface area (Å²) >= 11 is 4.48. The molecule has 1 aromatic rings. The van der Waals surface area contributed by atoms with Gasteiger partial charge in [0, 0.05) is 18.5 Å². The summed E-state index contributed by atoms with van der Waals surface area (Å²) in [6, 6.07) is 10.7. The van der Waals surface area contributed by atoms with Gasteiger partial charge in [0.05, 0.1) is 18.2 Å². The highest BCUT2D eigenvalue weighted by atomic mass is 35.5. The number of hydrogen-bond donors (Lipinski definition) is 0. The van der Waals surface area contributed by atoms with Crippen molar-refractivity contribution in [2.75, 3.05) is 6.61 Å². The second-order valence-corrected chi connectivity index (χ2v) is 8.61. The summed E-state index contributed by atoms with van der Waals surface area (Å²) in [5, 5.41) is -0.638. The van der Waals surface area contributed by atoms with Gasteiger partial charge in [-0.3, -0.25) is 4.31 Å². The number of halogens is 5. The van der Waals surface area contributed by atoms with Gasteiger partial charge in [-0.2, -0.15) is 22.8 Å². The summed E-state index contributed by atoms with van der Waals surface area (Å²) in [5.41, 5.74) is 0.742. The van der Waals surface area contributed by atoms with Crippen molar-refractivity contribution in [3.63, 3.8) is 0 Å². The number of hydrogen-bond acceptors (Lipinski definition) is 3. The summed E-state index contributed by atoms with van der Waals surface area (Å²) in [7, 11) is -3.56. The molecule has 0 spiro atoms. The fourth-order valence-electron chi connectivity index (χ4n) is 2.68. The second kappa shape index (κ2) is 8.80. The van der Waals surface area contributed by atoms with Gasteiger partial charge in [-0.15, -0.1) is 0 Å². The van der Waals surface area contributed by atoms with Crippen LogP contribution in [0.15, 0.2) is 42.1 Å².